The van der Waals surface area contributed by atoms with Crippen LogP contribution in [-0.4, -0.2) is 61.1 Å². The zero-order chi connectivity index (χ0) is 15.2. The first kappa shape index (κ1) is 15.2. The van der Waals surface area contributed by atoms with Gasteiger partial charge in [-0.25, -0.2) is 4.99 Å². The summed E-state index contributed by atoms with van der Waals surface area (Å²) in [6.45, 7) is 3.42. The van der Waals surface area contributed by atoms with E-state index in [0.717, 1.165) is 28.8 Å². The lowest BCUT2D eigenvalue weighted by Gasteiger charge is -2.18. The van der Waals surface area contributed by atoms with Gasteiger partial charge in [0.25, 0.3) is 0 Å². The van der Waals surface area contributed by atoms with E-state index < -0.39 is 0 Å². The van der Waals surface area contributed by atoms with E-state index in [-0.39, 0.29) is 0 Å². The van der Waals surface area contributed by atoms with Crippen molar-refractivity contribution in [2.75, 3.05) is 34.4 Å². The Hall–Kier alpha value is -2.21. The van der Waals surface area contributed by atoms with Gasteiger partial charge < -0.3 is 9.64 Å². The summed E-state index contributed by atoms with van der Waals surface area (Å²) in [5.41, 5.74) is 1.96. The topological polar surface area (TPSA) is 65.9 Å². The zero-order valence-corrected chi connectivity index (χ0v) is 12.9. The van der Waals surface area contributed by atoms with Crippen LogP contribution in [0, 0.1) is 0 Å². The molecule has 0 bridgehead atoms. The average molecular weight is 287 g/mol. The molecule has 6 nitrogen and oxygen atoms in total. The molecule has 0 unspecified atom stereocenters. The minimum atomic E-state index is 0.666. The fourth-order valence-electron chi connectivity index (χ4n) is 2.02. The highest BCUT2D eigenvalue weighted by Gasteiger charge is 2.09. The van der Waals surface area contributed by atoms with Gasteiger partial charge in [-0.15, -0.1) is 0 Å². The van der Waals surface area contributed by atoms with Crippen LogP contribution in [0.5, 0.6) is 0 Å². The highest BCUT2D eigenvalue weighted by Crippen LogP contribution is 2.17. The number of H-pyrrole nitrogens is 1. The summed E-state index contributed by atoms with van der Waals surface area (Å²) in [4.78, 5) is 11.0. The van der Waals surface area contributed by atoms with Crippen LogP contribution in [0.15, 0.2) is 34.4 Å². The molecule has 0 radical (unpaired) electrons. The first-order valence-electron chi connectivity index (χ1n) is 6.82. The maximum atomic E-state index is 5.09. The van der Waals surface area contributed by atoms with Crippen LogP contribution >= 0.6 is 0 Å². The number of benzene rings is 1. The molecule has 1 N–H and O–H groups in total. The number of ether oxygens (including phenoxy) is 1. The van der Waals surface area contributed by atoms with Crippen molar-refractivity contribution < 1.29 is 4.74 Å². The number of aromatic amines is 1. The van der Waals surface area contributed by atoms with Crippen molar-refractivity contribution in [2.45, 2.75) is 6.92 Å². The van der Waals surface area contributed by atoms with Gasteiger partial charge in [-0.3, -0.25) is 10.1 Å². The van der Waals surface area contributed by atoms with Crippen molar-refractivity contribution in [1.82, 2.24) is 15.1 Å². The fourth-order valence-corrected chi connectivity index (χ4v) is 2.02. The van der Waals surface area contributed by atoms with Gasteiger partial charge >= 0.3 is 0 Å². The van der Waals surface area contributed by atoms with Crippen molar-refractivity contribution in [2.24, 2.45) is 9.98 Å². The number of hydrogen-bond acceptors (Lipinski definition) is 3. The fraction of sp³-hybridized carbons (Fsp3) is 0.400. The Morgan fingerprint density at radius 1 is 1.43 bits per heavy atom. The summed E-state index contributed by atoms with van der Waals surface area (Å²) in [6, 6.07) is 5.97. The van der Waals surface area contributed by atoms with Crippen molar-refractivity contribution >= 4 is 22.6 Å². The number of fused-ring (bicyclic) bond motifs is 1. The van der Waals surface area contributed by atoms with Gasteiger partial charge in [-0.2, -0.15) is 5.10 Å². The van der Waals surface area contributed by atoms with Crippen molar-refractivity contribution in [1.29, 1.82) is 0 Å². The van der Waals surface area contributed by atoms with Crippen LogP contribution in [0.2, 0.25) is 0 Å². The predicted molar refractivity (Wildman–Crippen MR) is 86.2 cm³/mol. The Balaban J connectivity index is 2.30. The third kappa shape index (κ3) is 3.46. The van der Waals surface area contributed by atoms with Crippen LogP contribution in [0.4, 0.5) is 0 Å². The lowest BCUT2D eigenvalue weighted by atomic mass is 10.1. The molecule has 0 aliphatic rings. The van der Waals surface area contributed by atoms with Gasteiger partial charge in [-0.1, -0.05) is 12.1 Å². The van der Waals surface area contributed by atoms with Crippen molar-refractivity contribution in [3.8, 4) is 0 Å². The monoisotopic (exact) mass is 287 g/mol. The summed E-state index contributed by atoms with van der Waals surface area (Å²) >= 11 is 0. The van der Waals surface area contributed by atoms with Crippen molar-refractivity contribution in [3.63, 3.8) is 0 Å². The molecular weight excluding hydrogens is 266 g/mol. The van der Waals surface area contributed by atoms with Crippen LogP contribution < -0.4 is 0 Å². The molecule has 0 atom stereocenters. The molecule has 0 saturated carbocycles. The minimum absolute atomic E-state index is 0.666. The lowest BCUT2D eigenvalue weighted by Crippen LogP contribution is -2.28. The maximum absolute atomic E-state index is 5.09. The van der Waals surface area contributed by atoms with E-state index in [2.05, 4.69) is 20.2 Å². The third-order valence-corrected chi connectivity index (χ3v) is 3.39. The van der Waals surface area contributed by atoms with Crippen LogP contribution in [0.3, 0.4) is 0 Å². The number of methoxy groups -OCH3 is 1. The zero-order valence-electron chi connectivity index (χ0n) is 12.9. The van der Waals surface area contributed by atoms with Crippen LogP contribution in [-0.2, 0) is 4.74 Å². The van der Waals surface area contributed by atoms with Crippen LogP contribution in [0.1, 0.15) is 12.5 Å². The quantitative estimate of drug-likeness (QED) is 0.690. The normalized spacial score (nSPS) is 13.0. The molecule has 2 rings (SSSR count). The summed E-state index contributed by atoms with van der Waals surface area (Å²) in [5.74, 6) is 1.59. The number of nitrogens with zero attached hydrogens (tertiary/aromatic N) is 4. The second-order valence-corrected chi connectivity index (χ2v) is 4.76. The highest BCUT2D eigenvalue weighted by molar-refractivity contribution is 6.12. The molecule has 1 heterocycles. The van der Waals surface area contributed by atoms with Gasteiger partial charge in [0.05, 0.1) is 18.3 Å². The predicted octanol–water partition coefficient (Wildman–Crippen LogP) is 1.94. The summed E-state index contributed by atoms with van der Waals surface area (Å²) in [5, 5.41) is 8.06. The van der Waals surface area contributed by atoms with E-state index in [1.165, 1.54) is 0 Å². The molecule has 1 aromatic carbocycles. The van der Waals surface area contributed by atoms with E-state index in [9.17, 15) is 0 Å². The van der Waals surface area contributed by atoms with Gasteiger partial charge in [0.2, 0.25) is 0 Å². The smallest absolute Gasteiger partial charge is 0.157 e. The summed E-state index contributed by atoms with van der Waals surface area (Å²) in [6.07, 6.45) is 1.80. The standard InChI is InChI=1S/C15H21N5O/c1-11(20(3)8-9-21-4)18-15(16-2)12-6-5-7-14-13(12)10-17-19-14/h5-7,10H,8-9H2,1-4H3,(H,17,19). The Labute approximate surface area is 124 Å². The SMILES string of the molecule is CN=C(N=C(C)N(C)CCOC)c1cccc2[nH]ncc12. The van der Waals surface area contributed by atoms with E-state index in [1.807, 2.05) is 37.1 Å². The Bertz CT molecular complexity index is 659. The Kier molecular flexibility index (Phi) is 5.05. The van der Waals surface area contributed by atoms with E-state index in [0.29, 0.717) is 12.4 Å². The Morgan fingerprint density at radius 3 is 2.95 bits per heavy atom. The second-order valence-electron chi connectivity index (χ2n) is 4.76. The van der Waals surface area contributed by atoms with Gasteiger partial charge in [0, 0.05) is 38.7 Å². The Morgan fingerprint density at radius 2 is 2.24 bits per heavy atom. The summed E-state index contributed by atoms with van der Waals surface area (Å²) < 4.78 is 5.09. The number of hydrogen-bond donors (Lipinski definition) is 1. The first-order valence-corrected chi connectivity index (χ1v) is 6.82. The molecular formula is C15H21N5O. The number of aromatic nitrogens is 2. The number of likely N-dealkylation sites (N-methyl/N-ethyl adjacent to an activating group) is 1. The number of rotatable bonds is 4. The molecule has 1 aromatic heterocycles. The third-order valence-electron chi connectivity index (χ3n) is 3.39. The molecule has 0 spiro atoms. The molecule has 0 aliphatic heterocycles. The van der Waals surface area contributed by atoms with Crippen LogP contribution in [0.25, 0.3) is 10.9 Å². The molecule has 2 aromatic rings. The molecule has 6 heteroatoms. The van der Waals surface area contributed by atoms with Gasteiger partial charge in [-0.05, 0) is 13.0 Å². The van der Waals surface area contributed by atoms with E-state index in [4.69, 9.17) is 4.74 Å². The highest BCUT2D eigenvalue weighted by atomic mass is 16.5. The molecule has 0 amide bonds. The van der Waals surface area contributed by atoms with E-state index in [1.54, 1.807) is 20.4 Å². The molecule has 0 fully saturated rings. The average Bonchev–Trinajstić information content (AvgIpc) is 2.98. The molecule has 112 valence electrons. The number of aliphatic imine (C=N–C) groups is 2. The number of amidine groups is 2. The lowest BCUT2D eigenvalue weighted by molar-refractivity contribution is 0.182. The van der Waals surface area contributed by atoms with E-state index >= 15 is 0 Å². The maximum Gasteiger partial charge on any atom is 0.157 e. The second kappa shape index (κ2) is 6.99. The van der Waals surface area contributed by atoms with Gasteiger partial charge in [0.1, 0.15) is 5.84 Å². The van der Waals surface area contributed by atoms with Crippen molar-refractivity contribution in [3.05, 3.63) is 30.0 Å². The molecule has 21 heavy (non-hydrogen) atoms. The summed E-state index contributed by atoms with van der Waals surface area (Å²) in [7, 11) is 5.43. The van der Waals surface area contributed by atoms with Gasteiger partial charge in [0.15, 0.2) is 5.84 Å². The molecule has 0 aliphatic carbocycles. The molecule has 0 saturated heterocycles. The first-order chi connectivity index (χ1) is 10.2. The number of nitrogens with one attached hydrogen (secondary N) is 1. The minimum Gasteiger partial charge on any atom is -0.383 e. The largest absolute Gasteiger partial charge is 0.383 e.